The Kier molecular flexibility index (Phi) is 4.93. The number of anilines is 1. The molecule has 130 valence electrons. The van der Waals surface area contributed by atoms with Crippen molar-refractivity contribution >= 4 is 15.7 Å². The molecule has 0 aliphatic rings. The Hall–Kier alpha value is -2.42. The zero-order valence-electron chi connectivity index (χ0n) is 12.7. The van der Waals surface area contributed by atoms with Crippen molar-refractivity contribution in [3.05, 3.63) is 48.0 Å². The third-order valence-electron chi connectivity index (χ3n) is 2.95. The number of ether oxygens (including phenoxy) is 2. The molecule has 0 heterocycles. The van der Waals surface area contributed by atoms with E-state index in [1.807, 2.05) is 0 Å². The van der Waals surface area contributed by atoms with Gasteiger partial charge in [0.25, 0.3) is 10.0 Å². The molecule has 9 heteroatoms. The molecule has 2 aromatic rings. The Morgan fingerprint density at radius 3 is 2.42 bits per heavy atom. The van der Waals surface area contributed by atoms with Crippen LogP contribution in [0.1, 0.15) is 5.56 Å². The van der Waals surface area contributed by atoms with Gasteiger partial charge in [-0.05, 0) is 36.8 Å². The minimum Gasteiger partial charge on any atom is -0.495 e. The summed E-state index contributed by atoms with van der Waals surface area (Å²) < 4.78 is 72.6. The summed E-state index contributed by atoms with van der Waals surface area (Å²) in [5.74, 6) is -0.331. The highest BCUT2D eigenvalue weighted by molar-refractivity contribution is 7.92. The number of methoxy groups -OCH3 is 1. The molecule has 0 amide bonds. The number of hydrogen-bond acceptors (Lipinski definition) is 4. The molecule has 0 radical (unpaired) electrons. The van der Waals surface area contributed by atoms with Crippen molar-refractivity contribution < 1.29 is 31.1 Å². The van der Waals surface area contributed by atoms with E-state index in [1.165, 1.54) is 13.2 Å². The Bertz CT molecular complexity index is 835. The lowest BCUT2D eigenvalue weighted by atomic mass is 10.2. The van der Waals surface area contributed by atoms with Crippen molar-refractivity contribution in [2.24, 2.45) is 0 Å². The van der Waals surface area contributed by atoms with Crippen LogP contribution in [0.3, 0.4) is 0 Å². The van der Waals surface area contributed by atoms with Crippen LogP contribution in [-0.2, 0) is 10.0 Å². The van der Waals surface area contributed by atoms with Gasteiger partial charge in [-0.25, -0.2) is 8.42 Å². The van der Waals surface area contributed by atoms with Gasteiger partial charge in [0.05, 0.1) is 17.7 Å². The highest BCUT2D eigenvalue weighted by Gasteiger charge is 2.31. The van der Waals surface area contributed by atoms with Crippen molar-refractivity contribution in [1.29, 1.82) is 0 Å². The van der Waals surface area contributed by atoms with Crippen molar-refractivity contribution in [3.8, 4) is 11.5 Å². The summed E-state index contributed by atoms with van der Waals surface area (Å²) in [5, 5.41) is 0. The van der Waals surface area contributed by atoms with E-state index >= 15 is 0 Å². The molecule has 0 spiro atoms. The molecule has 0 bridgehead atoms. The second-order valence-corrected chi connectivity index (χ2v) is 6.51. The summed E-state index contributed by atoms with van der Waals surface area (Å²) in [6.45, 7) is 1.80. The van der Waals surface area contributed by atoms with Crippen LogP contribution in [0.15, 0.2) is 47.4 Å². The summed E-state index contributed by atoms with van der Waals surface area (Å²) in [6, 6.07) is 8.91. The first-order valence-corrected chi connectivity index (χ1v) is 8.12. The van der Waals surface area contributed by atoms with E-state index in [9.17, 15) is 21.6 Å². The van der Waals surface area contributed by atoms with Gasteiger partial charge in [0, 0.05) is 6.07 Å². The lowest BCUT2D eigenvalue weighted by Gasteiger charge is -2.14. The molecular formula is C15H14F3NO4S. The van der Waals surface area contributed by atoms with E-state index in [2.05, 4.69) is 9.46 Å². The highest BCUT2D eigenvalue weighted by atomic mass is 32.2. The maximum absolute atomic E-state index is 12.4. The fraction of sp³-hybridized carbons (Fsp3) is 0.200. The molecule has 5 nitrogen and oxygen atoms in total. The zero-order valence-corrected chi connectivity index (χ0v) is 13.5. The minimum atomic E-state index is -4.91. The number of aryl methyl sites for hydroxylation is 1. The Balaban J connectivity index is 2.33. The molecular weight excluding hydrogens is 347 g/mol. The average Bonchev–Trinajstić information content (AvgIpc) is 2.47. The van der Waals surface area contributed by atoms with Crippen LogP contribution in [0, 0.1) is 6.92 Å². The number of rotatable bonds is 5. The summed E-state index contributed by atoms with van der Waals surface area (Å²) in [5.41, 5.74) is 1.03. The van der Waals surface area contributed by atoms with Crippen LogP contribution in [0.2, 0.25) is 0 Å². The van der Waals surface area contributed by atoms with Crippen molar-refractivity contribution in [2.75, 3.05) is 11.8 Å². The van der Waals surface area contributed by atoms with Gasteiger partial charge < -0.3 is 9.47 Å². The molecule has 0 unspecified atom stereocenters. The lowest BCUT2D eigenvalue weighted by Crippen LogP contribution is -2.18. The summed E-state index contributed by atoms with van der Waals surface area (Å²) in [4.78, 5) is -0.369. The van der Waals surface area contributed by atoms with Gasteiger partial charge in [0.1, 0.15) is 11.5 Å². The molecule has 0 saturated carbocycles. The van der Waals surface area contributed by atoms with Gasteiger partial charge in [-0.15, -0.1) is 13.2 Å². The van der Waals surface area contributed by atoms with E-state index in [0.717, 1.165) is 29.8 Å². The standard InChI is InChI=1S/C15H14F3NO4S/c1-10-6-7-13(14(8-10)22-2)19-24(20,21)12-5-3-4-11(9-12)23-15(16,17)18/h3-9,19H,1-2H3. The topological polar surface area (TPSA) is 64.6 Å². The van der Waals surface area contributed by atoms with Gasteiger partial charge >= 0.3 is 6.36 Å². The normalized spacial score (nSPS) is 11.9. The number of nitrogens with one attached hydrogen (secondary N) is 1. The second-order valence-electron chi connectivity index (χ2n) is 4.83. The quantitative estimate of drug-likeness (QED) is 0.882. The zero-order chi connectivity index (χ0) is 18.0. The number of halogens is 3. The average molecular weight is 361 g/mol. The first kappa shape index (κ1) is 17.9. The van der Waals surface area contributed by atoms with Gasteiger partial charge in [-0.2, -0.15) is 0 Å². The molecule has 2 rings (SSSR count). The van der Waals surface area contributed by atoms with Gasteiger partial charge in [-0.3, -0.25) is 4.72 Å². The number of sulfonamides is 1. The van der Waals surface area contributed by atoms with E-state index < -0.39 is 22.1 Å². The SMILES string of the molecule is COc1cc(C)ccc1NS(=O)(=O)c1cccc(OC(F)(F)F)c1. The molecule has 0 fully saturated rings. The Labute approximate surface area is 137 Å². The fourth-order valence-corrected chi connectivity index (χ4v) is 3.03. The monoisotopic (exact) mass is 361 g/mol. The van der Waals surface area contributed by atoms with Crippen LogP contribution in [0.5, 0.6) is 11.5 Å². The number of alkyl halides is 3. The molecule has 1 N–H and O–H groups in total. The predicted molar refractivity (Wildman–Crippen MR) is 81.7 cm³/mol. The van der Waals surface area contributed by atoms with Crippen molar-refractivity contribution in [2.45, 2.75) is 18.2 Å². The van der Waals surface area contributed by atoms with E-state index in [4.69, 9.17) is 4.74 Å². The highest BCUT2D eigenvalue weighted by Crippen LogP contribution is 2.29. The smallest absolute Gasteiger partial charge is 0.495 e. The maximum atomic E-state index is 12.4. The third kappa shape index (κ3) is 4.54. The van der Waals surface area contributed by atoms with E-state index in [-0.39, 0.29) is 10.6 Å². The molecule has 0 saturated heterocycles. The summed E-state index contributed by atoms with van der Waals surface area (Å²) in [7, 11) is -2.73. The minimum absolute atomic E-state index is 0.172. The van der Waals surface area contributed by atoms with Crippen molar-refractivity contribution in [1.82, 2.24) is 0 Å². The first-order valence-electron chi connectivity index (χ1n) is 6.64. The first-order chi connectivity index (χ1) is 11.1. The second kappa shape index (κ2) is 6.60. The van der Waals surface area contributed by atoms with Crippen LogP contribution < -0.4 is 14.2 Å². The van der Waals surface area contributed by atoms with Gasteiger partial charge in [0.15, 0.2) is 0 Å². The van der Waals surface area contributed by atoms with Crippen molar-refractivity contribution in [3.63, 3.8) is 0 Å². The maximum Gasteiger partial charge on any atom is 0.573 e. The summed E-state index contributed by atoms with van der Waals surface area (Å²) in [6.07, 6.45) is -4.91. The van der Waals surface area contributed by atoms with E-state index in [1.54, 1.807) is 19.1 Å². The fourth-order valence-electron chi connectivity index (χ4n) is 1.92. The van der Waals surface area contributed by atoms with Crippen LogP contribution in [0.4, 0.5) is 18.9 Å². The molecule has 0 aromatic heterocycles. The Morgan fingerprint density at radius 1 is 1.08 bits per heavy atom. The predicted octanol–water partition coefficient (Wildman–Crippen LogP) is 3.70. The van der Waals surface area contributed by atoms with Crippen LogP contribution in [-0.4, -0.2) is 21.9 Å². The molecule has 0 aliphatic heterocycles. The number of benzene rings is 2. The lowest BCUT2D eigenvalue weighted by molar-refractivity contribution is -0.274. The Morgan fingerprint density at radius 2 is 1.79 bits per heavy atom. The largest absolute Gasteiger partial charge is 0.573 e. The molecule has 24 heavy (non-hydrogen) atoms. The third-order valence-corrected chi connectivity index (χ3v) is 4.31. The molecule has 0 aliphatic carbocycles. The van der Waals surface area contributed by atoms with Crippen LogP contribution >= 0.6 is 0 Å². The summed E-state index contributed by atoms with van der Waals surface area (Å²) >= 11 is 0. The van der Waals surface area contributed by atoms with Gasteiger partial charge in [-0.1, -0.05) is 12.1 Å². The molecule has 0 atom stereocenters. The van der Waals surface area contributed by atoms with Gasteiger partial charge in [0.2, 0.25) is 0 Å². The van der Waals surface area contributed by atoms with E-state index in [0.29, 0.717) is 5.75 Å². The molecule has 2 aromatic carbocycles. The number of hydrogen-bond donors (Lipinski definition) is 1. The van der Waals surface area contributed by atoms with Crippen LogP contribution in [0.25, 0.3) is 0 Å².